The molecule has 1 saturated heterocycles. The van der Waals surface area contributed by atoms with E-state index in [0.29, 0.717) is 36.4 Å². The van der Waals surface area contributed by atoms with Crippen LogP contribution in [-0.2, 0) is 9.59 Å². The van der Waals surface area contributed by atoms with E-state index in [0.717, 1.165) is 50.8 Å². The van der Waals surface area contributed by atoms with Crippen LogP contribution in [0.2, 0.25) is 0 Å². The van der Waals surface area contributed by atoms with E-state index >= 15 is 0 Å². The van der Waals surface area contributed by atoms with Gasteiger partial charge in [0.2, 0.25) is 5.91 Å². The lowest BCUT2D eigenvalue weighted by atomic mass is 9.86. The molecule has 3 rings (SSSR count). The topological polar surface area (TPSA) is 37.4 Å². The van der Waals surface area contributed by atoms with Crippen molar-refractivity contribution in [2.75, 3.05) is 13.1 Å². The Morgan fingerprint density at radius 2 is 1.79 bits per heavy atom. The minimum Gasteiger partial charge on any atom is -0.343 e. The summed E-state index contributed by atoms with van der Waals surface area (Å²) in [5.74, 6) is 1.56. The molecule has 104 valence electrons. The molecule has 0 radical (unpaired) electrons. The molecule has 0 saturated carbocycles. The summed E-state index contributed by atoms with van der Waals surface area (Å²) in [5.41, 5.74) is 2.58. The largest absolute Gasteiger partial charge is 0.343 e. The Morgan fingerprint density at radius 3 is 2.58 bits per heavy atom. The number of hydrogen-bond donors (Lipinski definition) is 0. The summed E-state index contributed by atoms with van der Waals surface area (Å²) in [6.45, 7) is 3.87. The number of Topliss-reactive ketones (excluding diaryl/α,β-unsaturated/α-hetero) is 1. The molecule has 0 unspecified atom stereocenters. The second kappa shape index (κ2) is 5.10. The summed E-state index contributed by atoms with van der Waals surface area (Å²) in [4.78, 5) is 26.5. The minimum atomic E-state index is 0.324. The van der Waals surface area contributed by atoms with Crippen molar-refractivity contribution in [3.63, 3.8) is 0 Å². The predicted octanol–water partition coefficient (Wildman–Crippen LogP) is 2.70. The Morgan fingerprint density at radius 1 is 1.05 bits per heavy atom. The first-order valence-electron chi connectivity index (χ1n) is 7.68. The zero-order chi connectivity index (χ0) is 13.4. The average Bonchev–Trinajstić information content (AvgIpc) is 2.67. The number of hydrogen-bond acceptors (Lipinski definition) is 2. The van der Waals surface area contributed by atoms with Crippen LogP contribution in [0.4, 0.5) is 0 Å². The fourth-order valence-electron chi connectivity index (χ4n) is 4.04. The Kier molecular flexibility index (Phi) is 3.46. The van der Waals surface area contributed by atoms with Crippen molar-refractivity contribution in [1.29, 1.82) is 0 Å². The zero-order valence-corrected chi connectivity index (χ0v) is 11.8. The van der Waals surface area contributed by atoms with Crippen LogP contribution >= 0.6 is 0 Å². The maximum Gasteiger partial charge on any atom is 0.222 e. The van der Waals surface area contributed by atoms with E-state index in [4.69, 9.17) is 0 Å². The van der Waals surface area contributed by atoms with Gasteiger partial charge in [0.25, 0.3) is 0 Å². The van der Waals surface area contributed by atoms with Gasteiger partial charge >= 0.3 is 0 Å². The molecule has 1 fully saturated rings. The molecule has 0 spiro atoms. The number of rotatable bonds is 0. The summed E-state index contributed by atoms with van der Waals surface area (Å²) in [7, 11) is 0. The molecule has 3 nitrogen and oxygen atoms in total. The van der Waals surface area contributed by atoms with E-state index in [2.05, 4.69) is 6.92 Å². The SMILES string of the molecule is C[C@@H]1CC(=O)N2CCCC3=C(CCC2)[C@H](CC3=O)C1. The summed E-state index contributed by atoms with van der Waals surface area (Å²) < 4.78 is 0. The molecule has 2 heterocycles. The van der Waals surface area contributed by atoms with Crippen LogP contribution in [0, 0.1) is 11.8 Å². The molecule has 0 aromatic rings. The van der Waals surface area contributed by atoms with Crippen LogP contribution in [-0.4, -0.2) is 29.7 Å². The average molecular weight is 261 g/mol. The van der Waals surface area contributed by atoms with Crippen LogP contribution in [0.3, 0.4) is 0 Å². The van der Waals surface area contributed by atoms with Crippen molar-refractivity contribution < 1.29 is 9.59 Å². The van der Waals surface area contributed by atoms with Crippen LogP contribution < -0.4 is 0 Å². The Labute approximate surface area is 115 Å². The van der Waals surface area contributed by atoms with Gasteiger partial charge in [-0.1, -0.05) is 12.5 Å². The van der Waals surface area contributed by atoms with Gasteiger partial charge in [-0.15, -0.1) is 0 Å². The van der Waals surface area contributed by atoms with E-state index in [1.165, 1.54) is 5.57 Å². The first-order chi connectivity index (χ1) is 9.15. The van der Waals surface area contributed by atoms with E-state index in [1.807, 2.05) is 4.90 Å². The quantitative estimate of drug-likeness (QED) is 0.672. The minimum absolute atomic E-state index is 0.324. The van der Waals surface area contributed by atoms with E-state index < -0.39 is 0 Å². The van der Waals surface area contributed by atoms with Gasteiger partial charge in [0.05, 0.1) is 0 Å². The van der Waals surface area contributed by atoms with Crippen molar-refractivity contribution in [3.8, 4) is 0 Å². The van der Waals surface area contributed by atoms with Gasteiger partial charge in [-0.05, 0) is 49.5 Å². The van der Waals surface area contributed by atoms with Gasteiger partial charge in [0.15, 0.2) is 5.78 Å². The first kappa shape index (κ1) is 12.9. The van der Waals surface area contributed by atoms with Gasteiger partial charge in [-0.2, -0.15) is 0 Å². The molecule has 1 aliphatic carbocycles. The number of amides is 1. The van der Waals surface area contributed by atoms with Gasteiger partial charge in [0, 0.05) is 25.9 Å². The summed E-state index contributed by atoms with van der Waals surface area (Å²) in [6, 6.07) is 0. The molecule has 3 heteroatoms. The molecule has 2 aliphatic heterocycles. The van der Waals surface area contributed by atoms with Crippen molar-refractivity contribution >= 4 is 11.7 Å². The van der Waals surface area contributed by atoms with Gasteiger partial charge < -0.3 is 4.90 Å². The zero-order valence-electron chi connectivity index (χ0n) is 11.8. The van der Waals surface area contributed by atoms with Crippen molar-refractivity contribution in [2.24, 2.45) is 11.8 Å². The highest BCUT2D eigenvalue weighted by Crippen LogP contribution is 2.40. The predicted molar refractivity (Wildman–Crippen MR) is 73.6 cm³/mol. The third-order valence-corrected chi connectivity index (χ3v) is 4.94. The highest BCUT2D eigenvalue weighted by molar-refractivity contribution is 5.99. The number of ketones is 1. The third-order valence-electron chi connectivity index (χ3n) is 4.94. The lowest BCUT2D eigenvalue weighted by Crippen LogP contribution is -2.34. The third kappa shape index (κ3) is 2.47. The lowest BCUT2D eigenvalue weighted by Gasteiger charge is -2.27. The molecule has 2 bridgehead atoms. The second-order valence-electron chi connectivity index (χ2n) is 6.46. The maximum atomic E-state index is 12.3. The van der Waals surface area contributed by atoms with Crippen LogP contribution in [0.1, 0.15) is 51.9 Å². The monoisotopic (exact) mass is 261 g/mol. The second-order valence-corrected chi connectivity index (χ2v) is 6.46. The molecule has 3 aliphatic rings. The molecule has 1 amide bonds. The fourth-order valence-corrected chi connectivity index (χ4v) is 4.04. The van der Waals surface area contributed by atoms with Crippen LogP contribution in [0.15, 0.2) is 11.1 Å². The Hall–Kier alpha value is -1.12. The standard InChI is InChI=1S/C16H23NO2/c1-11-8-12-10-15(18)14-5-3-7-17(16(19)9-11)6-2-4-13(12)14/h11-12H,2-10H2,1H3/t11-,12-/m0/s1. The number of carbonyl (C=O) groups is 2. The van der Waals surface area contributed by atoms with Gasteiger partial charge in [-0.3, -0.25) is 9.59 Å². The molecule has 0 aromatic heterocycles. The number of nitrogens with zero attached hydrogens (tertiary/aromatic N) is 1. The molecule has 0 N–H and O–H groups in total. The molecular weight excluding hydrogens is 238 g/mol. The highest BCUT2D eigenvalue weighted by Gasteiger charge is 2.34. The summed E-state index contributed by atoms with van der Waals surface area (Å²) in [5, 5.41) is 0. The van der Waals surface area contributed by atoms with E-state index in [-0.39, 0.29) is 0 Å². The first-order valence-corrected chi connectivity index (χ1v) is 7.68. The summed E-state index contributed by atoms with van der Waals surface area (Å²) in [6.07, 6.45) is 6.30. The molecular formula is C16H23NO2. The fraction of sp³-hybridized carbons (Fsp3) is 0.750. The number of carbonyl (C=O) groups excluding carboxylic acids is 2. The molecule has 2 atom stereocenters. The van der Waals surface area contributed by atoms with Crippen molar-refractivity contribution in [2.45, 2.75) is 51.9 Å². The van der Waals surface area contributed by atoms with Crippen LogP contribution in [0.25, 0.3) is 0 Å². The smallest absolute Gasteiger partial charge is 0.222 e. The van der Waals surface area contributed by atoms with Gasteiger partial charge in [0.1, 0.15) is 0 Å². The van der Waals surface area contributed by atoms with Crippen molar-refractivity contribution in [3.05, 3.63) is 11.1 Å². The Balaban J connectivity index is 1.95. The van der Waals surface area contributed by atoms with Gasteiger partial charge in [-0.25, -0.2) is 0 Å². The maximum absolute atomic E-state index is 12.3. The summed E-state index contributed by atoms with van der Waals surface area (Å²) >= 11 is 0. The van der Waals surface area contributed by atoms with Crippen molar-refractivity contribution in [1.82, 2.24) is 4.90 Å². The highest BCUT2D eigenvalue weighted by atomic mass is 16.2. The Bertz CT molecular complexity index is 438. The lowest BCUT2D eigenvalue weighted by molar-refractivity contribution is -0.132. The van der Waals surface area contributed by atoms with Crippen LogP contribution in [0.5, 0.6) is 0 Å². The number of fused-ring (bicyclic) bond motifs is 3. The van der Waals surface area contributed by atoms with E-state index in [9.17, 15) is 9.59 Å². The normalized spacial score (nSPS) is 32.6. The number of allylic oxidation sites excluding steroid dienone is 2. The molecule has 19 heavy (non-hydrogen) atoms. The van der Waals surface area contributed by atoms with E-state index in [1.54, 1.807) is 0 Å². The molecule has 0 aromatic carbocycles.